The zero-order chi connectivity index (χ0) is 15.1. The molecule has 0 saturated heterocycles. The van der Waals surface area contributed by atoms with E-state index in [-0.39, 0.29) is 0 Å². The highest BCUT2D eigenvalue weighted by Crippen LogP contribution is 2.29. The van der Waals surface area contributed by atoms with Crippen LogP contribution in [-0.4, -0.2) is 56.0 Å². The first-order chi connectivity index (χ1) is 10.2. The first kappa shape index (κ1) is 15.9. The normalized spacial score (nSPS) is 18.4. The number of carbonyl (C=O) groups is 1. The van der Waals surface area contributed by atoms with Gasteiger partial charge < -0.3 is 14.6 Å². The number of methoxy groups -OCH3 is 1. The molecule has 0 aromatic heterocycles. The molecule has 5 nitrogen and oxygen atoms in total. The Balaban J connectivity index is 1.90. The van der Waals surface area contributed by atoms with Crippen molar-refractivity contribution in [1.29, 1.82) is 0 Å². The van der Waals surface area contributed by atoms with Gasteiger partial charge in [-0.25, -0.2) is 0 Å². The third-order valence-electron chi connectivity index (χ3n) is 3.78. The number of hydrogen-bond donors (Lipinski definition) is 1. The van der Waals surface area contributed by atoms with Crippen LogP contribution in [0.4, 0.5) is 0 Å². The minimum Gasteiger partial charge on any atom is -0.480 e. The van der Waals surface area contributed by atoms with Crippen LogP contribution >= 0.6 is 0 Å². The van der Waals surface area contributed by atoms with Crippen LogP contribution in [0.1, 0.15) is 23.6 Å². The maximum absolute atomic E-state index is 11.6. The molecule has 1 N–H and O–H groups in total. The minimum absolute atomic E-state index is 0.533. The average molecular weight is 293 g/mol. The lowest BCUT2D eigenvalue weighted by atomic mass is 9.92. The van der Waals surface area contributed by atoms with Gasteiger partial charge in [-0.1, -0.05) is 24.3 Å². The fourth-order valence-corrected chi connectivity index (χ4v) is 2.76. The molecule has 1 atom stereocenters. The van der Waals surface area contributed by atoms with E-state index < -0.39 is 12.0 Å². The van der Waals surface area contributed by atoms with Crippen molar-refractivity contribution < 1.29 is 19.4 Å². The molecule has 0 radical (unpaired) electrons. The fraction of sp³-hybridized carbons (Fsp3) is 0.562. The van der Waals surface area contributed by atoms with Gasteiger partial charge in [0.25, 0.3) is 0 Å². The number of benzene rings is 1. The molecule has 0 fully saturated rings. The Morgan fingerprint density at radius 3 is 2.90 bits per heavy atom. The van der Waals surface area contributed by atoms with E-state index in [1.165, 1.54) is 0 Å². The number of hydrogen-bond acceptors (Lipinski definition) is 4. The molecular formula is C16H23NO4. The molecule has 0 amide bonds. The van der Waals surface area contributed by atoms with Gasteiger partial charge in [0.15, 0.2) is 0 Å². The highest BCUT2D eigenvalue weighted by molar-refractivity contribution is 5.76. The van der Waals surface area contributed by atoms with Gasteiger partial charge in [0.1, 0.15) is 6.04 Å². The molecule has 116 valence electrons. The number of aliphatic carboxylic acids is 1. The predicted octanol–water partition coefficient (Wildman–Crippen LogP) is 1.72. The van der Waals surface area contributed by atoms with Crippen LogP contribution in [0.3, 0.4) is 0 Å². The molecule has 1 aliphatic rings. The Hall–Kier alpha value is -1.43. The Labute approximate surface area is 125 Å². The molecule has 21 heavy (non-hydrogen) atoms. The summed E-state index contributed by atoms with van der Waals surface area (Å²) < 4.78 is 10.3. The molecule has 0 spiro atoms. The van der Waals surface area contributed by atoms with Gasteiger partial charge >= 0.3 is 5.97 Å². The van der Waals surface area contributed by atoms with E-state index in [0.29, 0.717) is 19.8 Å². The Morgan fingerprint density at radius 1 is 1.33 bits per heavy atom. The summed E-state index contributed by atoms with van der Waals surface area (Å²) in [7, 11) is 1.64. The molecule has 0 saturated carbocycles. The van der Waals surface area contributed by atoms with E-state index in [4.69, 9.17) is 9.47 Å². The van der Waals surface area contributed by atoms with Crippen LogP contribution < -0.4 is 0 Å². The highest BCUT2D eigenvalue weighted by atomic mass is 16.5. The second-order valence-electron chi connectivity index (χ2n) is 5.18. The zero-order valence-electron chi connectivity index (χ0n) is 12.5. The van der Waals surface area contributed by atoms with E-state index >= 15 is 0 Å². The smallest absolute Gasteiger partial charge is 0.325 e. The van der Waals surface area contributed by atoms with Crippen molar-refractivity contribution in [3.63, 3.8) is 0 Å². The SMILES string of the molecule is COCCOCCCN1CCc2ccccc2C1C(=O)O. The third-order valence-corrected chi connectivity index (χ3v) is 3.78. The van der Waals surface area contributed by atoms with Crippen LogP contribution in [0.15, 0.2) is 24.3 Å². The van der Waals surface area contributed by atoms with E-state index in [2.05, 4.69) is 0 Å². The van der Waals surface area contributed by atoms with Crippen molar-refractivity contribution in [3.8, 4) is 0 Å². The third kappa shape index (κ3) is 4.27. The van der Waals surface area contributed by atoms with Gasteiger partial charge in [-0.05, 0) is 24.0 Å². The quantitative estimate of drug-likeness (QED) is 0.740. The number of carboxylic acid groups (broad SMARTS) is 1. The molecule has 1 aliphatic heterocycles. The molecule has 1 heterocycles. The summed E-state index contributed by atoms with van der Waals surface area (Å²) >= 11 is 0. The number of rotatable bonds is 8. The summed E-state index contributed by atoms with van der Waals surface area (Å²) in [6.45, 7) is 3.33. The number of carboxylic acids is 1. The minimum atomic E-state index is -0.776. The van der Waals surface area contributed by atoms with Gasteiger partial charge in [0, 0.05) is 26.8 Å². The van der Waals surface area contributed by atoms with Crippen molar-refractivity contribution in [2.24, 2.45) is 0 Å². The highest BCUT2D eigenvalue weighted by Gasteiger charge is 2.32. The lowest BCUT2D eigenvalue weighted by molar-refractivity contribution is -0.144. The van der Waals surface area contributed by atoms with Crippen LogP contribution in [0.25, 0.3) is 0 Å². The van der Waals surface area contributed by atoms with E-state index in [1.54, 1.807) is 7.11 Å². The monoisotopic (exact) mass is 293 g/mol. The summed E-state index contributed by atoms with van der Waals surface area (Å²) in [4.78, 5) is 13.6. The average Bonchev–Trinajstić information content (AvgIpc) is 2.50. The van der Waals surface area contributed by atoms with E-state index in [9.17, 15) is 9.90 Å². The van der Waals surface area contributed by atoms with Crippen LogP contribution in [0, 0.1) is 0 Å². The van der Waals surface area contributed by atoms with E-state index in [0.717, 1.165) is 37.1 Å². The first-order valence-electron chi connectivity index (χ1n) is 7.35. The topological polar surface area (TPSA) is 59.0 Å². The lowest BCUT2D eigenvalue weighted by Crippen LogP contribution is -2.40. The van der Waals surface area contributed by atoms with Crippen LogP contribution in [0.2, 0.25) is 0 Å². The Bertz CT molecular complexity index is 463. The standard InChI is InChI=1S/C16H23NO4/c1-20-11-12-21-10-4-8-17-9-7-13-5-2-3-6-14(13)15(17)16(18)19/h2-3,5-6,15H,4,7-12H2,1H3,(H,18,19). The molecule has 0 aliphatic carbocycles. The van der Waals surface area contributed by atoms with Crippen molar-refractivity contribution in [2.75, 3.05) is 40.0 Å². The zero-order valence-corrected chi connectivity index (χ0v) is 12.5. The van der Waals surface area contributed by atoms with Crippen molar-refractivity contribution in [2.45, 2.75) is 18.9 Å². The fourth-order valence-electron chi connectivity index (χ4n) is 2.76. The summed E-state index contributed by atoms with van der Waals surface area (Å²) in [6.07, 6.45) is 1.74. The maximum Gasteiger partial charge on any atom is 0.325 e. The lowest BCUT2D eigenvalue weighted by Gasteiger charge is -2.34. The molecule has 5 heteroatoms. The molecule has 1 unspecified atom stereocenters. The molecule has 1 aromatic carbocycles. The summed E-state index contributed by atoms with van der Waals surface area (Å²) in [5, 5.41) is 9.54. The number of fused-ring (bicyclic) bond motifs is 1. The first-order valence-corrected chi connectivity index (χ1v) is 7.35. The Kier molecular flexibility index (Phi) is 6.17. The van der Waals surface area contributed by atoms with E-state index in [1.807, 2.05) is 29.2 Å². The second kappa shape index (κ2) is 8.12. The summed E-state index contributed by atoms with van der Waals surface area (Å²) in [6, 6.07) is 7.29. The Morgan fingerprint density at radius 2 is 2.14 bits per heavy atom. The summed E-state index contributed by atoms with van der Waals surface area (Å²) in [5.74, 6) is -0.776. The van der Waals surface area contributed by atoms with Gasteiger partial charge in [0.2, 0.25) is 0 Å². The largest absolute Gasteiger partial charge is 0.480 e. The maximum atomic E-state index is 11.6. The van der Waals surface area contributed by atoms with Gasteiger partial charge in [-0.3, -0.25) is 9.69 Å². The predicted molar refractivity (Wildman–Crippen MR) is 79.4 cm³/mol. The van der Waals surface area contributed by atoms with Crippen molar-refractivity contribution >= 4 is 5.97 Å². The van der Waals surface area contributed by atoms with Crippen LogP contribution in [0.5, 0.6) is 0 Å². The van der Waals surface area contributed by atoms with Crippen molar-refractivity contribution in [3.05, 3.63) is 35.4 Å². The molecule has 1 aromatic rings. The van der Waals surface area contributed by atoms with Gasteiger partial charge in [0.05, 0.1) is 13.2 Å². The molecule has 2 rings (SSSR count). The molecule has 0 bridgehead atoms. The number of ether oxygens (including phenoxy) is 2. The molecular weight excluding hydrogens is 270 g/mol. The number of nitrogens with zero attached hydrogens (tertiary/aromatic N) is 1. The van der Waals surface area contributed by atoms with Gasteiger partial charge in [-0.15, -0.1) is 0 Å². The summed E-state index contributed by atoms with van der Waals surface area (Å²) in [5.41, 5.74) is 2.08. The second-order valence-corrected chi connectivity index (χ2v) is 5.18. The van der Waals surface area contributed by atoms with Gasteiger partial charge in [-0.2, -0.15) is 0 Å². The van der Waals surface area contributed by atoms with Crippen molar-refractivity contribution in [1.82, 2.24) is 4.90 Å². The van der Waals surface area contributed by atoms with Crippen LogP contribution in [-0.2, 0) is 20.7 Å².